The number of thiocarbonyl (C=S) groups is 1. The molecule has 0 unspecified atom stereocenters. The number of rotatable bonds is 4. The van der Waals surface area contributed by atoms with Gasteiger partial charge in [0.2, 0.25) is 5.91 Å². The van der Waals surface area contributed by atoms with E-state index in [1.54, 1.807) is 0 Å². The molecule has 1 fully saturated rings. The maximum Gasteiger partial charge on any atom is 0.239 e. The molecule has 126 valence electrons. The molecule has 1 aromatic heterocycles. The summed E-state index contributed by atoms with van der Waals surface area (Å²) in [4.78, 5) is 19.0. The summed E-state index contributed by atoms with van der Waals surface area (Å²) in [7, 11) is 0. The van der Waals surface area contributed by atoms with Crippen LogP contribution in [0.1, 0.15) is 19.8 Å². The second-order valence-electron chi connectivity index (χ2n) is 5.61. The SMILES string of the molecule is C[C@@H](SC(=S)N1CCCC1)C(=O)Nc1nc(-c2ccccc2)cs1. The molecule has 1 aliphatic heterocycles. The van der Waals surface area contributed by atoms with E-state index in [-0.39, 0.29) is 11.2 Å². The fourth-order valence-electron chi connectivity index (χ4n) is 2.46. The van der Waals surface area contributed by atoms with Crippen LogP contribution < -0.4 is 5.32 Å². The molecular formula is C17H19N3OS3. The van der Waals surface area contributed by atoms with Gasteiger partial charge in [-0.2, -0.15) is 0 Å². The highest BCUT2D eigenvalue weighted by atomic mass is 32.2. The van der Waals surface area contributed by atoms with Crippen molar-refractivity contribution < 1.29 is 4.79 Å². The zero-order chi connectivity index (χ0) is 16.9. The molecule has 24 heavy (non-hydrogen) atoms. The number of amides is 1. The minimum absolute atomic E-state index is 0.0597. The van der Waals surface area contributed by atoms with Gasteiger partial charge in [-0.05, 0) is 19.8 Å². The molecule has 0 bridgehead atoms. The molecule has 0 aliphatic carbocycles. The second kappa shape index (κ2) is 8.09. The first kappa shape index (κ1) is 17.4. The smallest absolute Gasteiger partial charge is 0.239 e. The van der Waals surface area contributed by atoms with Crippen molar-refractivity contribution in [2.24, 2.45) is 0 Å². The highest BCUT2D eigenvalue weighted by Gasteiger charge is 2.22. The van der Waals surface area contributed by atoms with Crippen LogP contribution in [0.2, 0.25) is 0 Å². The van der Waals surface area contributed by atoms with Crippen LogP contribution in [0.15, 0.2) is 35.7 Å². The Kier molecular flexibility index (Phi) is 5.86. The van der Waals surface area contributed by atoms with E-state index in [1.165, 1.54) is 35.9 Å². The standard InChI is InChI=1S/C17H19N3OS3/c1-12(24-17(22)20-9-5-6-10-20)15(21)19-16-18-14(11-23-16)13-7-3-2-4-8-13/h2-4,7-8,11-12H,5-6,9-10H2,1H3,(H,18,19,21)/t12-/m1/s1. The number of nitrogens with zero attached hydrogens (tertiary/aromatic N) is 2. The Bertz CT molecular complexity index is 711. The summed E-state index contributed by atoms with van der Waals surface area (Å²) in [6.45, 7) is 3.90. The maximum atomic E-state index is 12.4. The lowest BCUT2D eigenvalue weighted by Crippen LogP contribution is -2.29. The third-order valence-electron chi connectivity index (χ3n) is 3.81. The number of carbonyl (C=O) groups excluding carboxylic acids is 1. The van der Waals surface area contributed by atoms with Crippen molar-refractivity contribution in [3.63, 3.8) is 0 Å². The molecule has 1 saturated heterocycles. The summed E-state index contributed by atoms with van der Waals surface area (Å²) in [5, 5.41) is 5.24. The number of hydrogen-bond donors (Lipinski definition) is 1. The van der Waals surface area contributed by atoms with E-state index < -0.39 is 0 Å². The second-order valence-corrected chi connectivity index (χ2v) is 8.45. The Balaban J connectivity index is 1.56. The Hall–Kier alpha value is -1.44. The Morgan fingerprint density at radius 1 is 1.33 bits per heavy atom. The number of anilines is 1. The molecule has 0 radical (unpaired) electrons. The zero-order valence-electron chi connectivity index (χ0n) is 13.4. The molecule has 4 nitrogen and oxygen atoms in total. The van der Waals surface area contributed by atoms with Gasteiger partial charge in [0.1, 0.15) is 4.32 Å². The average Bonchev–Trinajstić information content (AvgIpc) is 3.27. The highest BCUT2D eigenvalue weighted by molar-refractivity contribution is 8.23. The lowest BCUT2D eigenvalue weighted by Gasteiger charge is -2.20. The first-order chi connectivity index (χ1) is 11.6. The molecule has 2 aromatic rings. The van der Waals surface area contributed by atoms with Crippen LogP contribution in [0.4, 0.5) is 5.13 Å². The van der Waals surface area contributed by atoms with Crippen LogP contribution in [0.25, 0.3) is 11.3 Å². The van der Waals surface area contributed by atoms with Crippen LogP contribution >= 0.6 is 35.3 Å². The van der Waals surface area contributed by atoms with Crippen molar-refractivity contribution in [1.29, 1.82) is 0 Å². The summed E-state index contributed by atoms with van der Waals surface area (Å²) >= 11 is 8.33. The van der Waals surface area contributed by atoms with Crippen molar-refractivity contribution in [3.05, 3.63) is 35.7 Å². The van der Waals surface area contributed by atoms with Crippen LogP contribution in [0.3, 0.4) is 0 Å². The number of thioether (sulfide) groups is 1. The van der Waals surface area contributed by atoms with Gasteiger partial charge < -0.3 is 10.2 Å². The normalized spacial score (nSPS) is 15.3. The van der Waals surface area contributed by atoms with Gasteiger partial charge in [0.15, 0.2) is 5.13 Å². The van der Waals surface area contributed by atoms with Gasteiger partial charge in [-0.15, -0.1) is 11.3 Å². The number of nitrogens with one attached hydrogen (secondary N) is 1. The van der Waals surface area contributed by atoms with Gasteiger partial charge in [0, 0.05) is 24.0 Å². The van der Waals surface area contributed by atoms with Gasteiger partial charge >= 0.3 is 0 Å². The molecule has 1 atom stereocenters. The van der Waals surface area contributed by atoms with Gasteiger partial charge in [-0.25, -0.2) is 4.98 Å². The zero-order valence-corrected chi connectivity index (χ0v) is 15.8. The summed E-state index contributed by atoms with van der Waals surface area (Å²) < 4.78 is 0.819. The first-order valence-corrected chi connectivity index (χ1v) is 10.1. The fraction of sp³-hybridized carbons (Fsp3) is 0.353. The number of carbonyl (C=O) groups is 1. The van der Waals surface area contributed by atoms with Crippen molar-refractivity contribution in [2.75, 3.05) is 18.4 Å². The van der Waals surface area contributed by atoms with Crippen LogP contribution in [-0.4, -0.2) is 38.5 Å². The fourth-order valence-corrected chi connectivity index (χ4v) is 4.60. The Morgan fingerprint density at radius 3 is 2.75 bits per heavy atom. The minimum atomic E-state index is -0.234. The van der Waals surface area contributed by atoms with Crippen molar-refractivity contribution in [2.45, 2.75) is 25.0 Å². The molecule has 1 aromatic carbocycles. The minimum Gasteiger partial charge on any atom is -0.358 e. The molecule has 0 spiro atoms. The van der Waals surface area contributed by atoms with Crippen molar-refractivity contribution in [1.82, 2.24) is 9.88 Å². The van der Waals surface area contributed by atoms with E-state index in [0.29, 0.717) is 5.13 Å². The summed E-state index contributed by atoms with van der Waals surface area (Å²) in [6.07, 6.45) is 2.37. The molecule has 1 amide bonds. The van der Waals surface area contributed by atoms with E-state index in [9.17, 15) is 4.79 Å². The first-order valence-electron chi connectivity index (χ1n) is 7.91. The Morgan fingerprint density at radius 2 is 2.04 bits per heavy atom. The average molecular weight is 378 g/mol. The molecule has 2 heterocycles. The summed E-state index contributed by atoms with van der Waals surface area (Å²) in [6, 6.07) is 9.94. The van der Waals surface area contributed by atoms with Crippen LogP contribution in [0, 0.1) is 0 Å². The predicted octanol–water partition coefficient (Wildman–Crippen LogP) is 4.25. The van der Waals surface area contributed by atoms with Crippen molar-refractivity contribution >= 4 is 50.7 Å². The number of hydrogen-bond acceptors (Lipinski definition) is 5. The molecule has 1 aliphatic rings. The third-order valence-corrected chi connectivity index (χ3v) is 6.15. The molecule has 7 heteroatoms. The molecule has 1 N–H and O–H groups in total. The number of benzene rings is 1. The Labute approximate surface area is 155 Å². The summed E-state index contributed by atoms with van der Waals surface area (Å²) in [5.41, 5.74) is 1.93. The van der Waals surface area contributed by atoms with E-state index in [1.807, 2.05) is 42.6 Å². The monoisotopic (exact) mass is 377 g/mol. The quantitative estimate of drug-likeness (QED) is 0.807. The van der Waals surface area contributed by atoms with E-state index in [2.05, 4.69) is 15.2 Å². The van der Waals surface area contributed by atoms with Crippen molar-refractivity contribution in [3.8, 4) is 11.3 Å². The number of aromatic nitrogens is 1. The third kappa shape index (κ3) is 4.34. The van der Waals surface area contributed by atoms with E-state index in [0.717, 1.165) is 28.7 Å². The highest BCUT2D eigenvalue weighted by Crippen LogP contribution is 2.26. The number of likely N-dealkylation sites (tertiary alicyclic amines) is 1. The largest absolute Gasteiger partial charge is 0.358 e. The van der Waals surface area contributed by atoms with E-state index in [4.69, 9.17) is 12.2 Å². The van der Waals surface area contributed by atoms with Gasteiger partial charge in [-0.1, -0.05) is 54.3 Å². The van der Waals surface area contributed by atoms with E-state index >= 15 is 0 Å². The van der Waals surface area contributed by atoms with Crippen LogP contribution in [-0.2, 0) is 4.79 Å². The topological polar surface area (TPSA) is 45.2 Å². The van der Waals surface area contributed by atoms with Gasteiger partial charge in [-0.3, -0.25) is 4.79 Å². The van der Waals surface area contributed by atoms with Crippen LogP contribution in [0.5, 0.6) is 0 Å². The summed E-state index contributed by atoms with van der Waals surface area (Å²) in [5.74, 6) is -0.0597. The molecule has 3 rings (SSSR count). The van der Waals surface area contributed by atoms with Gasteiger partial charge in [0.05, 0.1) is 10.9 Å². The lowest BCUT2D eigenvalue weighted by atomic mass is 10.2. The molecular weight excluding hydrogens is 358 g/mol. The maximum absolute atomic E-state index is 12.4. The predicted molar refractivity (Wildman–Crippen MR) is 107 cm³/mol. The van der Waals surface area contributed by atoms with Gasteiger partial charge in [0.25, 0.3) is 0 Å². The molecule has 0 saturated carbocycles. The lowest BCUT2D eigenvalue weighted by molar-refractivity contribution is -0.115. The number of thiazole rings is 1.